The smallest absolute Gasteiger partial charge is 0.251 e. The number of amides is 1. The highest BCUT2D eigenvalue weighted by Gasteiger charge is 2.21. The molecule has 110 valence electrons. The Bertz CT molecular complexity index is 448. The SMILES string of the molecule is C[C@@H](O)C(=O)N1CCCN(Cc2ccc(Cl)cc2)CC1. The summed E-state index contributed by atoms with van der Waals surface area (Å²) >= 11 is 5.88. The maximum absolute atomic E-state index is 11.8. The number of aliphatic hydroxyl groups excluding tert-OH is 1. The van der Waals surface area contributed by atoms with Gasteiger partial charge in [0, 0.05) is 37.7 Å². The molecule has 1 N–H and O–H groups in total. The van der Waals surface area contributed by atoms with Gasteiger partial charge >= 0.3 is 0 Å². The predicted octanol–water partition coefficient (Wildman–Crippen LogP) is 1.76. The number of halogens is 1. The summed E-state index contributed by atoms with van der Waals surface area (Å²) in [5, 5.41) is 10.1. The third kappa shape index (κ3) is 4.20. The molecule has 0 spiro atoms. The van der Waals surface area contributed by atoms with Crippen molar-refractivity contribution in [2.75, 3.05) is 26.2 Å². The molecule has 0 saturated carbocycles. The number of nitrogens with zero attached hydrogens (tertiary/aromatic N) is 2. The number of benzene rings is 1. The van der Waals surface area contributed by atoms with Crippen molar-refractivity contribution in [2.45, 2.75) is 26.0 Å². The summed E-state index contributed by atoms with van der Waals surface area (Å²) in [4.78, 5) is 15.9. The molecule has 1 heterocycles. The molecule has 1 aliphatic heterocycles. The minimum absolute atomic E-state index is 0.168. The molecular formula is C15H21ClN2O2. The van der Waals surface area contributed by atoms with Crippen molar-refractivity contribution in [3.05, 3.63) is 34.9 Å². The van der Waals surface area contributed by atoms with Crippen LogP contribution < -0.4 is 0 Å². The molecule has 1 aliphatic rings. The first-order valence-corrected chi connectivity index (χ1v) is 7.37. The first kappa shape index (κ1) is 15.3. The van der Waals surface area contributed by atoms with E-state index in [0.717, 1.165) is 37.6 Å². The van der Waals surface area contributed by atoms with E-state index in [9.17, 15) is 9.90 Å². The van der Waals surface area contributed by atoms with Crippen molar-refractivity contribution in [1.29, 1.82) is 0 Å². The Hall–Kier alpha value is -1.10. The van der Waals surface area contributed by atoms with Crippen molar-refractivity contribution in [3.63, 3.8) is 0 Å². The summed E-state index contributed by atoms with van der Waals surface area (Å²) in [6, 6.07) is 7.87. The van der Waals surface area contributed by atoms with E-state index in [2.05, 4.69) is 4.90 Å². The van der Waals surface area contributed by atoms with Crippen molar-refractivity contribution in [2.24, 2.45) is 0 Å². The van der Waals surface area contributed by atoms with Gasteiger partial charge in [0.05, 0.1) is 0 Å². The monoisotopic (exact) mass is 296 g/mol. The summed E-state index contributed by atoms with van der Waals surface area (Å²) in [5.41, 5.74) is 1.23. The van der Waals surface area contributed by atoms with Gasteiger partial charge in [0.1, 0.15) is 6.10 Å². The fraction of sp³-hybridized carbons (Fsp3) is 0.533. The van der Waals surface area contributed by atoms with Gasteiger partial charge in [-0.1, -0.05) is 23.7 Å². The van der Waals surface area contributed by atoms with Gasteiger partial charge in [-0.3, -0.25) is 9.69 Å². The summed E-state index contributed by atoms with van der Waals surface area (Å²) in [5.74, 6) is -0.168. The van der Waals surface area contributed by atoms with E-state index in [1.807, 2.05) is 24.3 Å². The zero-order valence-electron chi connectivity index (χ0n) is 11.8. The second-order valence-electron chi connectivity index (χ2n) is 5.26. The lowest BCUT2D eigenvalue weighted by atomic mass is 10.2. The first-order chi connectivity index (χ1) is 9.56. The molecule has 1 fully saturated rings. The molecule has 1 atom stereocenters. The fourth-order valence-electron chi connectivity index (χ4n) is 2.46. The highest BCUT2D eigenvalue weighted by Crippen LogP contribution is 2.13. The van der Waals surface area contributed by atoms with E-state index in [1.165, 1.54) is 12.5 Å². The lowest BCUT2D eigenvalue weighted by Crippen LogP contribution is -2.40. The minimum atomic E-state index is -0.905. The molecule has 0 aliphatic carbocycles. The molecule has 1 aromatic carbocycles. The average molecular weight is 297 g/mol. The van der Waals surface area contributed by atoms with Crippen molar-refractivity contribution >= 4 is 17.5 Å². The third-order valence-electron chi connectivity index (χ3n) is 3.58. The molecule has 1 aromatic rings. The first-order valence-electron chi connectivity index (χ1n) is 7.00. The quantitative estimate of drug-likeness (QED) is 0.924. The fourth-order valence-corrected chi connectivity index (χ4v) is 2.59. The number of hydrogen-bond acceptors (Lipinski definition) is 3. The van der Waals surface area contributed by atoms with Gasteiger partial charge in [0.15, 0.2) is 0 Å². The van der Waals surface area contributed by atoms with Crippen LogP contribution in [0.3, 0.4) is 0 Å². The van der Waals surface area contributed by atoms with E-state index in [1.54, 1.807) is 4.90 Å². The van der Waals surface area contributed by atoms with Crippen molar-refractivity contribution in [1.82, 2.24) is 9.80 Å². The standard InChI is InChI=1S/C15H21ClN2O2/c1-12(19)15(20)18-8-2-7-17(9-10-18)11-13-3-5-14(16)6-4-13/h3-6,12,19H,2,7-11H2,1H3/t12-/m1/s1. The number of carbonyl (C=O) groups is 1. The Morgan fingerprint density at radius 2 is 1.95 bits per heavy atom. The van der Waals surface area contributed by atoms with E-state index in [0.29, 0.717) is 6.54 Å². The van der Waals surface area contributed by atoms with Gasteiger partial charge < -0.3 is 10.0 Å². The van der Waals surface area contributed by atoms with Gasteiger partial charge in [-0.05, 0) is 31.0 Å². The van der Waals surface area contributed by atoms with Crippen LogP contribution >= 0.6 is 11.6 Å². The molecule has 2 rings (SSSR count). The van der Waals surface area contributed by atoms with Crippen LogP contribution in [0.15, 0.2) is 24.3 Å². The van der Waals surface area contributed by atoms with Gasteiger partial charge in [-0.25, -0.2) is 0 Å². The Morgan fingerprint density at radius 1 is 1.25 bits per heavy atom. The van der Waals surface area contributed by atoms with E-state index in [4.69, 9.17) is 11.6 Å². The number of aliphatic hydroxyl groups is 1. The second kappa shape index (κ2) is 7.07. The molecule has 1 saturated heterocycles. The van der Waals surface area contributed by atoms with E-state index >= 15 is 0 Å². The molecule has 20 heavy (non-hydrogen) atoms. The van der Waals surface area contributed by atoms with Crippen LogP contribution in [0.25, 0.3) is 0 Å². The molecule has 5 heteroatoms. The summed E-state index contributed by atoms with van der Waals surface area (Å²) < 4.78 is 0. The normalized spacial score (nSPS) is 18.6. The number of carbonyl (C=O) groups excluding carboxylic acids is 1. The average Bonchev–Trinajstić information content (AvgIpc) is 2.66. The third-order valence-corrected chi connectivity index (χ3v) is 3.83. The number of hydrogen-bond donors (Lipinski definition) is 1. The van der Waals surface area contributed by atoms with Gasteiger partial charge in [-0.2, -0.15) is 0 Å². The highest BCUT2D eigenvalue weighted by molar-refractivity contribution is 6.30. The molecule has 0 unspecified atom stereocenters. The lowest BCUT2D eigenvalue weighted by Gasteiger charge is -2.23. The summed E-state index contributed by atoms with van der Waals surface area (Å²) in [6.45, 7) is 5.60. The predicted molar refractivity (Wildman–Crippen MR) is 79.6 cm³/mol. The van der Waals surface area contributed by atoms with Crippen LogP contribution in [0.4, 0.5) is 0 Å². The molecule has 4 nitrogen and oxygen atoms in total. The van der Waals surface area contributed by atoms with E-state index < -0.39 is 6.10 Å². The largest absolute Gasteiger partial charge is 0.384 e. The summed E-state index contributed by atoms with van der Waals surface area (Å²) in [6.07, 6.45) is 0.0318. The number of rotatable bonds is 3. The molecule has 1 amide bonds. The van der Waals surface area contributed by atoms with Crippen LogP contribution in [0, 0.1) is 0 Å². The van der Waals surface area contributed by atoms with E-state index in [-0.39, 0.29) is 5.91 Å². The van der Waals surface area contributed by atoms with Crippen LogP contribution in [0.2, 0.25) is 5.02 Å². The summed E-state index contributed by atoms with van der Waals surface area (Å²) in [7, 11) is 0. The van der Waals surface area contributed by atoms with Gasteiger partial charge in [0.25, 0.3) is 5.91 Å². The van der Waals surface area contributed by atoms with Gasteiger partial charge in [-0.15, -0.1) is 0 Å². The van der Waals surface area contributed by atoms with Crippen molar-refractivity contribution in [3.8, 4) is 0 Å². The molecule has 0 radical (unpaired) electrons. The Labute approximate surface area is 124 Å². The van der Waals surface area contributed by atoms with Crippen LogP contribution in [-0.4, -0.2) is 53.1 Å². The van der Waals surface area contributed by atoms with Gasteiger partial charge in [0.2, 0.25) is 0 Å². The maximum Gasteiger partial charge on any atom is 0.251 e. The van der Waals surface area contributed by atoms with Crippen LogP contribution in [-0.2, 0) is 11.3 Å². The zero-order chi connectivity index (χ0) is 14.5. The molecule has 0 bridgehead atoms. The maximum atomic E-state index is 11.8. The Morgan fingerprint density at radius 3 is 2.60 bits per heavy atom. The molecular weight excluding hydrogens is 276 g/mol. The second-order valence-corrected chi connectivity index (χ2v) is 5.69. The zero-order valence-corrected chi connectivity index (χ0v) is 12.5. The molecule has 0 aromatic heterocycles. The van der Waals surface area contributed by atoms with Crippen LogP contribution in [0.5, 0.6) is 0 Å². The lowest BCUT2D eigenvalue weighted by molar-refractivity contribution is -0.139. The Balaban J connectivity index is 1.89. The topological polar surface area (TPSA) is 43.8 Å². The van der Waals surface area contributed by atoms with Crippen molar-refractivity contribution < 1.29 is 9.90 Å². The van der Waals surface area contributed by atoms with Crippen LogP contribution in [0.1, 0.15) is 18.9 Å². The minimum Gasteiger partial charge on any atom is -0.384 e. The Kier molecular flexibility index (Phi) is 5.40. The highest BCUT2D eigenvalue weighted by atomic mass is 35.5.